The molecule has 0 aromatic heterocycles. The zero-order valence-electron chi connectivity index (χ0n) is 15.6. The van der Waals surface area contributed by atoms with Gasteiger partial charge in [0.15, 0.2) is 0 Å². The summed E-state index contributed by atoms with van der Waals surface area (Å²) in [7, 11) is -1.03. The van der Waals surface area contributed by atoms with Gasteiger partial charge in [0, 0.05) is 7.05 Å². The van der Waals surface area contributed by atoms with E-state index in [-0.39, 0.29) is 0 Å². The van der Waals surface area contributed by atoms with Crippen molar-refractivity contribution >= 4 is 11.4 Å². The largest absolute Gasteiger partial charge is 0.593 e. The van der Waals surface area contributed by atoms with Gasteiger partial charge in [-0.2, -0.15) is 83.4 Å². The van der Waals surface area contributed by atoms with Crippen molar-refractivity contribution in [1.82, 2.24) is 4.31 Å². The van der Waals surface area contributed by atoms with Crippen molar-refractivity contribution in [3.05, 3.63) is 0 Å². The highest BCUT2D eigenvalue weighted by atomic mass is 32.2. The second-order valence-corrected chi connectivity index (χ2v) is 7.85. The Bertz CT molecular complexity index is 801. The molecular weight excluding hydrogens is 609 g/mol. The average Bonchev–Trinajstić information content (AvgIpc) is 2.63. The maximum Gasteiger partial charge on any atom is 0.497 e. The number of hydrogen-bond acceptors (Lipinski definition) is 3. The van der Waals surface area contributed by atoms with Crippen LogP contribution in [0.3, 0.4) is 0 Å². The Morgan fingerprint density at radius 1 is 0.472 bits per heavy atom. The minimum atomic E-state index is -9.08. The minimum Gasteiger partial charge on any atom is -0.593 e. The SMILES string of the molecule is CN([S+]([O-])C(F)(F)C(F)(F)C(F)(F)C(F)(F)C(F)(F)C(F)(F)C(F)(F)C(F)(F)F)C(O)(F)C(F)(F)F. The fraction of sp³-hybridized carbons (Fsp3) is 1.00. The van der Waals surface area contributed by atoms with E-state index in [4.69, 9.17) is 5.11 Å². The molecule has 0 amide bonds. The molecule has 0 aliphatic carbocycles. The number of nitrogens with zero attached hydrogens (tertiary/aromatic N) is 1. The summed E-state index contributed by atoms with van der Waals surface area (Å²) < 4.78 is 280. The van der Waals surface area contributed by atoms with Gasteiger partial charge >= 0.3 is 59.1 Å². The van der Waals surface area contributed by atoms with Crippen LogP contribution in [-0.2, 0) is 11.4 Å². The monoisotopic (exact) mass is 613 g/mol. The summed E-state index contributed by atoms with van der Waals surface area (Å²) in [6.07, 6.45) is -14.9. The first-order valence-electron chi connectivity index (χ1n) is 7.42. The van der Waals surface area contributed by atoms with Crippen LogP contribution in [0.4, 0.5) is 92.2 Å². The van der Waals surface area contributed by atoms with Crippen LogP contribution in [0.1, 0.15) is 0 Å². The van der Waals surface area contributed by atoms with E-state index in [0.717, 1.165) is 0 Å². The zero-order chi connectivity index (χ0) is 30.2. The Balaban J connectivity index is 6.90. The van der Waals surface area contributed by atoms with Gasteiger partial charge < -0.3 is 9.66 Å². The third-order valence-electron chi connectivity index (χ3n) is 3.94. The fourth-order valence-corrected chi connectivity index (χ4v) is 2.73. The molecule has 1 N–H and O–H groups in total. The molecule has 2 unspecified atom stereocenters. The summed E-state index contributed by atoms with van der Waals surface area (Å²) in [5, 5.41) is 0.397. The lowest BCUT2D eigenvalue weighted by molar-refractivity contribution is -0.458. The molecule has 0 aliphatic heterocycles. The molecule has 0 saturated heterocycles. The highest BCUT2D eigenvalue weighted by Crippen LogP contribution is 2.64. The van der Waals surface area contributed by atoms with Gasteiger partial charge in [-0.25, -0.2) is 0 Å². The van der Waals surface area contributed by atoms with Crippen LogP contribution >= 0.6 is 0 Å². The van der Waals surface area contributed by atoms with E-state index in [1.165, 1.54) is 0 Å². The third kappa shape index (κ3) is 4.39. The highest BCUT2D eigenvalue weighted by Gasteiger charge is 2.97. The zero-order valence-corrected chi connectivity index (χ0v) is 16.5. The predicted octanol–water partition coefficient (Wildman–Crippen LogP) is 5.73. The predicted molar refractivity (Wildman–Crippen MR) is 68.7 cm³/mol. The summed E-state index contributed by atoms with van der Waals surface area (Å²) in [6.45, 7) is 0. The van der Waals surface area contributed by atoms with Crippen molar-refractivity contribution in [2.24, 2.45) is 0 Å². The molecule has 0 radical (unpaired) electrons. The Morgan fingerprint density at radius 2 is 0.722 bits per heavy atom. The lowest BCUT2D eigenvalue weighted by Gasteiger charge is -2.43. The van der Waals surface area contributed by atoms with Gasteiger partial charge in [0.2, 0.25) is 0 Å². The van der Waals surface area contributed by atoms with Gasteiger partial charge in [-0.15, -0.1) is 8.78 Å². The standard InChI is InChI=1S/C11H4F21NO2S/c1-33(11(32,34)9(27,28)29)36(35)10(30,31)7(22,23)5(18,19)3(14,15)2(12,13)4(16,17)6(20,21)8(24,25)26/h34H,1H3. The third-order valence-corrected chi connectivity index (χ3v) is 5.37. The van der Waals surface area contributed by atoms with Crippen LogP contribution in [0.2, 0.25) is 0 Å². The second-order valence-electron chi connectivity index (χ2n) is 6.29. The van der Waals surface area contributed by atoms with Crippen LogP contribution in [0.15, 0.2) is 0 Å². The molecule has 0 aromatic carbocycles. The minimum absolute atomic E-state index is 1.03. The molecule has 218 valence electrons. The van der Waals surface area contributed by atoms with Gasteiger partial charge in [-0.1, -0.05) is 4.31 Å². The van der Waals surface area contributed by atoms with Gasteiger partial charge in [-0.3, -0.25) is 0 Å². The molecule has 0 rings (SSSR count). The molecule has 3 nitrogen and oxygen atoms in total. The summed E-state index contributed by atoms with van der Waals surface area (Å²) in [6, 6.07) is 0. The molecule has 25 heteroatoms. The van der Waals surface area contributed by atoms with E-state index in [0.29, 0.717) is 0 Å². The lowest BCUT2D eigenvalue weighted by atomic mass is 9.91. The van der Waals surface area contributed by atoms with Crippen molar-refractivity contribution in [2.75, 3.05) is 7.05 Å². The quantitative estimate of drug-likeness (QED) is 0.157. The Kier molecular flexibility index (Phi) is 8.34. The van der Waals surface area contributed by atoms with E-state index in [9.17, 15) is 96.8 Å². The summed E-state index contributed by atoms with van der Waals surface area (Å²) in [5.41, 5.74) is 0. The van der Waals surface area contributed by atoms with Crippen molar-refractivity contribution in [2.45, 2.75) is 59.1 Å². The number of alkyl halides is 21. The molecule has 0 bridgehead atoms. The molecule has 0 saturated carbocycles. The first kappa shape index (κ1) is 34.8. The summed E-state index contributed by atoms with van der Waals surface area (Å²) in [4.78, 5) is 0. The topological polar surface area (TPSA) is 46.5 Å². The number of rotatable bonds is 9. The fourth-order valence-electron chi connectivity index (χ4n) is 1.72. The van der Waals surface area contributed by atoms with Crippen LogP contribution in [0.5, 0.6) is 0 Å². The molecule has 0 aliphatic rings. The van der Waals surface area contributed by atoms with E-state index in [1.54, 1.807) is 0 Å². The van der Waals surface area contributed by atoms with Crippen molar-refractivity contribution in [3.8, 4) is 0 Å². The van der Waals surface area contributed by atoms with Crippen LogP contribution < -0.4 is 0 Å². The van der Waals surface area contributed by atoms with Crippen LogP contribution in [-0.4, -0.2) is 80.1 Å². The molecule has 0 fully saturated rings. The van der Waals surface area contributed by atoms with E-state index in [1.807, 2.05) is 0 Å². The normalized spacial score (nSPS) is 18.9. The first-order valence-corrected chi connectivity index (χ1v) is 8.52. The van der Waals surface area contributed by atoms with Gasteiger partial charge in [-0.05, 0) is 0 Å². The van der Waals surface area contributed by atoms with Gasteiger partial charge in [0.25, 0.3) is 0 Å². The number of aliphatic hydroxyl groups is 1. The smallest absolute Gasteiger partial charge is 0.497 e. The number of halogens is 21. The van der Waals surface area contributed by atoms with Crippen molar-refractivity contribution in [1.29, 1.82) is 0 Å². The molecule has 36 heavy (non-hydrogen) atoms. The lowest BCUT2D eigenvalue weighted by Crippen LogP contribution is -2.75. The average molecular weight is 613 g/mol. The van der Waals surface area contributed by atoms with Crippen molar-refractivity contribution < 1.29 is 102 Å². The van der Waals surface area contributed by atoms with Gasteiger partial charge in [0.05, 0.1) is 0 Å². The molecule has 0 heterocycles. The van der Waals surface area contributed by atoms with Gasteiger partial charge in [0.1, 0.15) is 11.4 Å². The molecule has 0 aromatic rings. The van der Waals surface area contributed by atoms with Crippen LogP contribution in [0.25, 0.3) is 0 Å². The number of hydrogen-bond donors (Lipinski definition) is 1. The Labute approximate surface area is 185 Å². The first-order chi connectivity index (χ1) is 15.1. The highest BCUT2D eigenvalue weighted by molar-refractivity contribution is 7.90. The second kappa shape index (κ2) is 8.64. The summed E-state index contributed by atoms with van der Waals surface area (Å²) in [5.74, 6) is -59.4. The van der Waals surface area contributed by atoms with E-state index in [2.05, 4.69) is 0 Å². The Morgan fingerprint density at radius 3 is 0.972 bits per heavy atom. The summed E-state index contributed by atoms with van der Waals surface area (Å²) >= 11 is -6.19. The maximum absolute atomic E-state index is 13.6. The van der Waals surface area contributed by atoms with E-state index < -0.39 is 81.8 Å². The molecule has 0 spiro atoms. The maximum atomic E-state index is 13.6. The van der Waals surface area contributed by atoms with Crippen molar-refractivity contribution in [3.63, 3.8) is 0 Å². The van der Waals surface area contributed by atoms with E-state index >= 15 is 0 Å². The van der Waals surface area contributed by atoms with Crippen LogP contribution in [0, 0.1) is 0 Å². The molecular formula is C11H4F21NO2S. The molecule has 2 atom stereocenters. The Hall–Kier alpha value is -1.24.